The molecule has 1 saturated carbocycles. The number of nitriles is 1. The SMILES string of the molecule is CCCCOc1nccc2c1c(N)nn2[C@@H]1CC(O)C[C@H]1C#N. The third-order valence-electron chi connectivity index (χ3n) is 4.33. The third-order valence-corrected chi connectivity index (χ3v) is 4.33. The van der Waals surface area contributed by atoms with Crippen molar-refractivity contribution in [1.82, 2.24) is 14.8 Å². The van der Waals surface area contributed by atoms with Crippen LogP contribution >= 0.6 is 0 Å². The second kappa shape index (κ2) is 6.42. The molecule has 7 heteroatoms. The number of rotatable bonds is 5. The number of aliphatic hydroxyl groups excluding tert-OH is 1. The first-order valence-electron chi connectivity index (χ1n) is 7.98. The Morgan fingerprint density at radius 2 is 2.35 bits per heavy atom. The van der Waals surface area contributed by atoms with E-state index in [2.05, 4.69) is 23.1 Å². The Balaban J connectivity index is 2.00. The van der Waals surface area contributed by atoms with E-state index < -0.39 is 6.10 Å². The summed E-state index contributed by atoms with van der Waals surface area (Å²) in [6, 6.07) is 3.91. The lowest BCUT2D eigenvalue weighted by molar-refractivity contribution is 0.176. The zero-order chi connectivity index (χ0) is 16.4. The van der Waals surface area contributed by atoms with Gasteiger partial charge in [0.2, 0.25) is 5.88 Å². The minimum Gasteiger partial charge on any atom is -0.477 e. The number of pyridine rings is 1. The molecule has 1 fully saturated rings. The van der Waals surface area contributed by atoms with Crippen molar-refractivity contribution in [3.63, 3.8) is 0 Å². The molecule has 7 nitrogen and oxygen atoms in total. The minimum atomic E-state index is -0.479. The molecule has 0 bridgehead atoms. The molecule has 3 rings (SSSR count). The maximum atomic E-state index is 9.88. The lowest BCUT2D eigenvalue weighted by Gasteiger charge is -2.15. The normalized spacial score (nSPS) is 24.0. The standard InChI is InChI=1S/C16H21N5O2/c1-2-3-6-23-16-14-12(4-5-19-16)21(20-15(14)18)13-8-11(22)7-10(13)9-17/h4-5,10-11,13,22H,2-3,6-8H2,1H3,(H2,18,20)/t10-,11?,13+/m0/s1. The fraction of sp³-hybridized carbons (Fsp3) is 0.562. The Hall–Kier alpha value is -2.33. The Morgan fingerprint density at radius 3 is 3.09 bits per heavy atom. The van der Waals surface area contributed by atoms with Crippen molar-refractivity contribution in [3.05, 3.63) is 12.3 Å². The Kier molecular flexibility index (Phi) is 4.35. The van der Waals surface area contributed by atoms with E-state index in [1.54, 1.807) is 10.9 Å². The van der Waals surface area contributed by atoms with Gasteiger partial charge >= 0.3 is 0 Å². The smallest absolute Gasteiger partial charge is 0.226 e. The van der Waals surface area contributed by atoms with Crippen molar-refractivity contribution in [2.24, 2.45) is 5.92 Å². The van der Waals surface area contributed by atoms with Crippen molar-refractivity contribution in [1.29, 1.82) is 5.26 Å². The highest BCUT2D eigenvalue weighted by atomic mass is 16.5. The van der Waals surface area contributed by atoms with Gasteiger partial charge < -0.3 is 15.6 Å². The number of aliphatic hydroxyl groups is 1. The van der Waals surface area contributed by atoms with Gasteiger partial charge in [0.15, 0.2) is 5.82 Å². The van der Waals surface area contributed by atoms with Gasteiger partial charge in [0.05, 0.1) is 36.3 Å². The minimum absolute atomic E-state index is 0.180. The summed E-state index contributed by atoms with van der Waals surface area (Å²) >= 11 is 0. The van der Waals surface area contributed by atoms with Gasteiger partial charge in [-0.1, -0.05) is 13.3 Å². The van der Waals surface area contributed by atoms with Gasteiger partial charge in [-0.05, 0) is 25.3 Å². The summed E-state index contributed by atoms with van der Waals surface area (Å²) in [6.45, 7) is 2.67. The molecule has 3 atom stereocenters. The number of fused-ring (bicyclic) bond motifs is 1. The summed E-state index contributed by atoms with van der Waals surface area (Å²) in [4.78, 5) is 4.26. The molecule has 1 aliphatic carbocycles. The highest BCUT2D eigenvalue weighted by Gasteiger charge is 2.36. The van der Waals surface area contributed by atoms with Gasteiger partial charge in [-0.2, -0.15) is 10.4 Å². The van der Waals surface area contributed by atoms with Crippen molar-refractivity contribution >= 4 is 16.7 Å². The van der Waals surface area contributed by atoms with E-state index in [1.165, 1.54) is 0 Å². The Morgan fingerprint density at radius 1 is 1.52 bits per heavy atom. The van der Waals surface area contributed by atoms with Gasteiger partial charge in [0.25, 0.3) is 0 Å². The molecule has 3 N–H and O–H groups in total. The topological polar surface area (TPSA) is 110 Å². The molecule has 0 spiro atoms. The van der Waals surface area contributed by atoms with Gasteiger partial charge in [-0.3, -0.25) is 4.68 Å². The summed E-state index contributed by atoms with van der Waals surface area (Å²) < 4.78 is 7.49. The molecule has 2 aromatic rings. The molecule has 2 aromatic heterocycles. The number of nitrogens with zero attached hydrogens (tertiary/aromatic N) is 4. The van der Waals surface area contributed by atoms with Crippen molar-refractivity contribution in [3.8, 4) is 11.9 Å². The van der Waals surface area contributed by atoms with E-state index >= 15 is 0 Å². The molecule has 2 heterocycles. The predicted octanol–water partition coefficient (Wildman–Crippen LogP) is 2.03. The van der Waals surface area contributed by atoms with E-state index in [0.717, 1.165) is 18.4 Å². The van der Waals surface area contributed by atoms with Crippen LogP contribution in [0.25, 0.3) is 10.9 Å². The highest BCUT2D eigenvalue weighted by Crippen LogP contribution is 2.39. The molecule has 122 valence electrons. The van der Waals surface area contributed by atoms with E-state index in [9.17, 15) is 10.4 Å². The molecular weight excluding hydrogens is 294 g/mol. The molecule has 0 aliphatic heterocycles. The maximum absolute atomic E-state index is 9.88. The van der Waals surface area contributed by atoms with E-state index in [4.69, 9.17) is 10.5 Å². The second-order valence-corrected chi connectivity index (χ2v) is 5.97. The molecule has 0 saturated heterocycles. The number of ether oxygens (including phenoxy) is 1. The highest BCUT2D eigenvalue weighted by molar-refractivity contribution is 5.93. The second-order valence-electron chi connectivity index (χ2n) is 5.97. The zero-order valence-electron chi connectivity index (χ0n) is 13.1. The molecule has 1 unspecified atom stereocenters. The largest absolute Gasteiger partial charge is 0.477 e. The number of unbranched alkanes of at least 4 members (excludes halogenated alkanes) is 1. The Labute approximate surface area is 134 Å². The van der Waals surface area contributed by atoms with Crippen LogP contribution in [0.2, 0.25) is 0 Å². The first-order chi connectivity index (χ1) is 11.2. The average Bonchev–Trinajstić information content (AvgIpc) is 3.08. The van der Waals surface area contributed by atoms with Gasteiger partial charge in [0, 0.05) is 6.20 Å². The fourth-order valence-corrected chi connectivity index (χ4v) is 3.16. The monoisotopic (exact) mass is 315 g/mol. The quantitative estimate of drug-likeness (QED) is 0.817. The first-order valence-corrected chi connectivity index (χ1v) is 7.98. The van der Waals surface area contributed by atoms with E-state index in [0.29, 0.717) is 36.5 Å². The zero-order valence-corrected chi connectivity index (χ0v) is 13.1. The van der Waals surface area contributed by atoms with Crippen LogP contribution in [-0.4, -0.2) is 32.6 Å². The van der Waals surface area contributed by atoms with E-state index in [-0.39, 0.29) is 12.0 Å². The number of hydrogen-bond donors (Lipinski definition) is 2. The van der Waals surface area contributed by atoms with Crippen LogP contribution in [0.3, 0.4) is 0 Å². The predicted molar refractivity (Wildman–Crippen MR) is 85.7 cm³/mol. The van der Waals surface area contributed by atoms with Crippen molar-refractivity contribution in [2.75, 3.05) is 12.3 Å². The summed E-state index contributed by atoms with van der Waals surface area (Å²) in [5.41, 5.74) is 6.87. The number of anilines is 1. The molecular formula is C16H21N5O2. The van der Waals surface area contributed by atoms with Gasteiger partial charge in [-0.25, -0.2) is 4.98 Å². The molecule has 0 aromatic carbocycles. The number of aromatic nitrogens is 3. The van der Waals surface area contributed by atoms with Gasteiger partial charge in [0.1, 0.15) is 5.39 Å². The maximum Gasteiger partial charge on any atom is 0.226 e. The summed E-state index contributed by atoms with van der Waals surface area (Å²) in [5.74, 6) is 0.551. The van der Waals surface area contributed by atoms with Crippen LogP contribution in [0.5, 0.6) is 5.88 Å². The lowest BCUT2D eigenvalue weighted by Crippen LogP contribution is -2.14. The Bertz CT molecular complexity index is 736. The van der Waals surface area contributed by atoms with Crippen LogP contribution in [0.1, 0.15) is 38.6 Å². The average molecular weight is 315 g/mol. The first kappa shape index (κ1) is 15.6. The molecule has 1 aliphatic rings. The van der Waals surface area contributed by atoms with E-state index in [1.807, 2.05) is 6.07 Å². The van der Waals surface area contributed by atoms with Crippen LogP contribution in [0, 0.1) is 17.2 Å². The fourth-order valence-electron chi connectivity index (χ4n) is 3.16. The van der Waals surface area contributed by atoms with Crippen LogP contribution in [-0.2, 0) is 0 Å². The number of hydrogen-bond acceptors (Lipinski definition) is 6. The van der Waals surface area contributed by atoms with Crippen molar-refractivity contribution in [2.45, 2.75) is 44.8 Å². The third kappa shape index (κ3) is 2.82. The number of nitrogen functional groups attached to an aromatic ring is 1. The number of nitrogens with two attached hydrogens (primary N) is 1. The molecule has 0 amide bonds. The van der Waals surface area contributed by atoms with Crippen LogP contribution < -0.4 is 10.5 Å². The summed E-state index contributed by atoms with van der Waals surface area (Å²) in [7, 11) is 0. The lowest BCUT2D eigenvalue weighted by atomic mass is 10.1. The molecule has 0 radical (unpaired) electrons. The van der Waals surface area contributed by atoms with Gasteiger partial charge in [-0.15, -0.1) is 0 Å². The summed E-state index contributed by atoms with van der Waals surface area (Å²) in [5, 5.41) is 24.3. The van der Waals surface area contributed by atoms with Crippen LogP contribution in [0.4, 0.5) is 5.82 Å². The van der Waals surface area contributed by atoms with Crippen LogP contribution in [0.15, 0.2) is 12.3 Å². The molecule has 23 heavy (non-hydrogen) atoms. The summed E-state index contributed by atoms with van der Waals surface area (Å²) in [6.07, 6.45) is 4.13. The van der Waals surface area contributed by atoms with Crippen molar-refractivity contribution < 1.29 is 9.84 Å².